The third-order valence-corrected chi connectivity index (χ3v) is 8.84. The second kappa shape index (κ2) is 10.8. The number of halogens is 1. The minimum absolute atomic E-state index is 0.231. The average molecular weight is 413 g/mol. The molecule has 3 nitrogen and oxygen atoms in total. The molecule has 0 N–H and O–H groups in total. The maximum absolute atomic E-state index is 12.2. The van der Waals surface area contributed by atoms with Crippen LogP contribution >= 0.6 is 18.9 Å². The summed E-state index contributed by atoms with van der Waals surface area (Å²) in [7, 11) is -1.96. The second-order valence-electron chi connectivity index (χ2n) is 6.18. The van der Waals surface area contributed by atoms with Crippen molar-refractivity contribution >= 4 is 46.5 Å². The maximum atomic E-state index is 12.2. The topological polar surface area (TPSA) is 57.2 Å². The molecule has 0 bridgehead atoms. The number of carbonyl (C=O) groups excluding carboxylic acids is 2. The van der Waals surface area contributed by atoms with Crippen LogP contribution in [0.15, 0.2) is 91.0 Å². The molecule has 3 aromatic carbocycles. The van der Waals surface area contributed by atoms with Gasteiger partial charge in [-0.1, -0.05) is 54.6 Å². The molecule has 0 radical (unpaired) electrons. The van der Waals surface area contributed by atoms with Crippen molar-refractivity contribution < 1.29 is 14.7 Å². The van der Waals surface area contributed by atoms with E-state index in [0.29, 0.717) is 6.16 Å². The number of carboxylic acids is 1. The molecule has 0 fully saturated rings. The first kappa shape index (κ1) is 21.8. The van der Waals surface area contributed by atoms with E-state index in [2.05, 4.69) is 84.4 Å². The van der Waals surface area contributed by atoms with E-state index < -0.39 is 19.1 Å². The van der Waals surface area contributed by atoms with E-state index in [4.69, 9.17) is 9.90 Å². The second-order valence-corrected chi connectivity index (χ2v) is 9.93. The van der Waals surface area contributed by atoms with Crippen LogP contribution in [0.25, 0.3) is 0 Å². The van der Waals surface area contributed by atoms with Gasteiger partial charge >= 0.3 is 0 Å². The SMILES string of the molecule is CC(=O)C[P+](c1ccccc1)(c1ccccc1)c1ccccc1.O=C([O-])CCl. The molecule has 0 saturated carbocycles. The van der Waals surface area contributed by atoms with Crippen LogP contribution in [0.3, 0.4) is 0 Å². The number of hydrogen-bond donors (Lipinski definition) is 0. The highest BCUT2D eigenvalue weighted by Crippen LogP contribution is 2.55. The van der Waals surface area contributed by atoms with Gasteiger partial charge in [-0.2, -0.15) is 0 Å². The van der Waals surface area contributed by atoms with Crippen LogP contribution in [-0.4, -0.2) is 23.8 Å². The Labute approximate surface area is 171 Å². The lowest BCUT2D eigenvalue weighted by molar-refractivity contribution is -0.301. The Morgan fingerprint density at radius 1 is 0.750 bits per heavy atom. The molecule has 5 heteroatoms. The van der Waals surface area contributed by atoms with E-state index >= 15 is 0 Å². The molecule has 144 valence electrons. The fourth-order valence-electron chi connectivity index (χ4n) is 3.10. The zero-order valence-corrected chi connectivity index (χ0v) is 17.3. The lowest BCUT2D eigenvalue weighted by Gasteiger charge is -2.26. The minimum atomic E-state index is -1.96. The van der Waals surface area contributed by atoms with Crippen LogP contribution in [0.5, 0.6) is 0 Å². The molecule has 0 heterocycles. The Balaban J connectivity index is 0.000000500. The largest absolute Gasteiger partial charge is 0.549 e. The highest BCUT2D eigenvalue weighted by atomic mass is 35.5. The predicted octanol–water partition coefficient (Wildman–Crippen LogP) is 2.54. The number of carboxylic acid groups (broad SMARTS) is 1. The number of rotatable bonds is 6. The quantitative estimate of drug-likeness (QED) is 0.462. The van der Waals surface area contributed by atoms with Crippen molar-refractivity contribution in [2.24, 2.45) is 0 Å². The first-order chi connectivity index (χ1) is 13.5. The van der Waals surface area contributed by atoms with Gasteiger partial charge in [-0.05, 0) is 43.3 Å². The molecule has 0 aromatic heterocycles. The van der Waals surface area contributed by atoms with Gasteiger partial charge in [-0.15, -0.1) is 11.6 Å². The zero-order valence-electron chi connectivity index (χ0n) is 15.6. The van der Waals surface area contributed by atoms with Crippen molar-refractivity contribution in [2.45, 2.75) is 6.92 Å². The smallest absolute Gasteiger partial charge is 0.168 e. The highest BCUT2D eigenvalue weighted by Gasteiger charge is 2.46. The van der Waals surface area contributed by atoms with Gasteiger partial charge in [-0.3, -0.25) is 4.79 Å². The van der Waals surface area contributed by atoms with Crippen molar-refractivity contribution in [3.8, 4) is 0 Å². The van der Waals surface area contributed by atoms with Gasteiger partial charge in [0.25, 0.3) is 0 Å². The number of hydrogen-bond acceptors (Lipinski definition) is 3. The van der Waals surface area contributed by atoms with E-state index in [0.717, 1.165) is 0 Å². The third kappa shape index (κ3) is 5.51. The number of alkyl halides is 1. The Morgan fingerprint density at radius 2 is 1.04 bits per heavy atom. The molecule has 28 heavy (non-hydrogen) atoms. The summed E-state index contributed by atoms with van der Waals surface area (Å²) in [5, 5.41) is 12.9. The standard InChI is InChI=1S/C21H20OP.C2H3ClO2/c1-18(22)17-23(19-11-5-2-6-12-19,20-13-7-3-8-14-20)21-15-9-4-10-16-21;3-1-2(4)5/h2-16H,17H2,1H3;1H2,(H,4,5)/q+1;/p-1. The zero-order chi connectivity index (χ0) is 20.4. The molecule has 0 unspecified atom stereocenters. The highest BCUT2D eigenvalue weighted by molar-refractivity contribution is 7.96. The van der Waals surface area contributed by atoms with Crippen molar-refractivity contribution in [1.29, 1.82) is 0 Å². The lowest BCUT2D eigenvalue weighted by atomic mass is 10.4. The molecule has 3 rings (SSSR count). The molecule has 0 amide bonds. The van der Waals surface area contributed by atoms with Crippen molar-refractivity contribution in [1.82, 2.24) is 0 Å². The summed E-state index contributed by atoms with van der Waals surface area (Å²) < 4.78 is 0. The first-order valence-electron chi connectivity index (χ1n) is 8.81. The molecule has 0 saturated heterocycles. The van der Waals surface area contributed by atoms with Gasteiger partial charge in [0.15, 0.2) is 5.78 Å². The van der Waals surface area contributed by atoms with Crippen molar-refractivity contribution in [3.05, 3.63) is 91.0 Å². The Hall–Kier alpha value is -2.48. The summed E-state index contributed by atoms with van der Waals surface area (Å²) in [4.78, 5) is 21.3. The summed E-state index contributed by atoms with van der Waals surface area (Å²) in [6.45, 7) is 1.70. The molecular weight excluding hydrogens is 391 g/mol. The van der Waals surface area contributed by atoms with E-state index in [1.54, 1.807) is 6.92 Å². The Bertz CT molecular complexity index is 787. The van der Waals surface area contributed by atoms with Crippen LogP contribution in [0.1, 0.15) is 6.92 Å². The number of ketones is 1. The number of aliphatic carboxylic acids is 1. The summed E-state index contributed by atoms with van der Waals surface area (Å²) in [5.74, 6) is -1.42. The van der Waals surface area contributed by atoms with Crippen molar-refractivity contribution in [2.75, 3.05) is 12.0 Å². The number of benzene rings is 3. The van der Waals surface area contributed by atoms with Crippen LogP contribution < -0.4 is 21.0 Å². The van der Waals surface area contributed by atoms with E-state index in [1.807, 2.05) is 18.2 Å². The van der Waals surface area contributed by atoms with E-state index in [1.165, 1.54) is 15.9 Å². The third-order valence-electron chi connectivity index (χ3n) is 4.16. The summed E-state index contributed by atoms with van der Waals surface area (Å²) in [6, 6.07) is 31.5. The van der Waals surface area contributed by atoms with Gasteiger partial charge in [0.1, 0.15) is 29.3 Å². The summed E-state index contributed by atoms with van der Waals surface area (Å²) in [5.41, 5.74) is 0. The van der Waals surface area contributed by atoms with Gasteiger partial charge in [-0.25, -0.2) is 0 Å². The minimum Gasteiger partial charge on any atom is -0.549 e. The van der Waals surface area contributed by atoms with Crippen LogP contribution in [0, 0.1) is 0 Å². The normalized spacial score (nSPS) is 10.5. The van der Waals surface area contributed by atoms with Crippen LogP contribution in [0.4, 0.5) is 0 Å². The summed E-state index contributed by atoms with van der Waals surface area (Å²) >= 11 is 4.67. The lowest BCUT2D eigenvalue weighted by Crippen LogP contribution is -2.35. The van der Waals surface area contributed by atoms with Crippen LogP contribution in [0.2, 0.25) is 0 Å². The van der Waals surface area contributed by atoms with Crippen molar-refractivity contribution in [3.63, 3.8) is 0 Å². The molecule has 3 aromatic rings. The monoisotopic (exact) mass is 412 g/mol. The molecule has 0 atom stereocenters. The van der Waals surface area contributed by atoms with E-state index in [9.17, 15) is 4.79 Å². The molecule has 0 aliphatic carbocycles. The predicted molar refractivity (Wildman–Crippen MR) is 116 cm³/mol. The Kier molecular flexibility index (Phi) is 8.38. The van der Waals surface area contributed by atoms with Gasteiger partial charge in [0.2, 0.25) is 0 Å². The molecule has 0 spiro atoms. The fraction of sp³-hybridized carbons (Fsp3) is 0.130. The fourth-order valence-corrected chi connectivity index (χ4v) is 7.26. The first-order valence-corrected chi connectivity index (χ1v) is 11.3. The number of Topliss-reactive ketones (excluding diaryl/α,β-unsaturated/α-hetero) is 1. The maximum Gasteiger partial charge on any atom is 0.168 e. The van der Waals surface area contributed by atoms with E-state index in [-0.39, 0.29) is 5.78 Å². The molecule has 0 aliphatic rings. The Morgan fingerprint density at radius 3 is 1.25 bits per heavy atom. The average Bonchev–Trinajstić information content (AvgIpc) is 2.74. The van der Waals surface area contributed by atoms with Gasteiger partial charge < -0.3 is 9.90 Å². The number of carbonyl (C=O) groups is 2. The van der Waals surface area contributed by atoms with Gasteiger partial charge in [0, 0.05) is 0 Å². The molecular formula is C23H22ClO3P. The molecule has 0 aliphatic heterocycles. The van der Waals surface area contributed by atoms with Crippen LogP contribution in [-0.2, 0) is 9.59 Å². The summed E-state index contributed by atoms with van der Waals surface area (Å²) in [6.07, 6.45) is 0.561. The van der Waals surface area contributed by atoms with Gasteiger partial charge in [0.05, 0.1) is 11.8 Å².